The number of carbonyl (C=O) groups excluding carboxylic acids is 2. The van der Waals surface area contributed by atoms with Crippen LogP contribution in [0.15, 0.2) is 60.7 Å². The Hall–Kier alpha value is -3.08. The second kappa shape index (κ2) is 6.91. The minimum Gasteiger partial charge on any atom is -0.508 e. The molecule has 0 unspecified atom stereocenters. The number of amides is 2. The monoisotopic (exact) mass is 282 g/mol. The standard InChI is InChI=1S/C16H14N2O3/c19-14-9-7-13(8-10-14)16(21)18-17-15(20)11-6-12-4-2-1-3-5-12/h1-11,19H,(H,17,20)(H,18,21). The van der Waals surface area contributed by atoms with Crippen molar-refractivity contribution in [3.8, 4) is 5.75 Å². The Kier molecular flexibility index (Phi) is 4.71. The van der Waals surface area contributed by atoms with E-state index in [1.54, 1.807) is 6.08 Å². The lowest BCUT2D eigenvalue weighted by Gasteiger charge is -2.05. The lowest BCUT2D eigenvalue weighted by Crippen LogP contribution is -2.40. The first-order valence-electron chi connectivity index (χ1n) is 6.27. The van der Waals surface area contributed by atoms with Gasteiger partial charge in [-0.1, -0.05) is 30.3 Å². The fraction of sp³-hybridized carbons (Fsp3) is 0. The zero-order valence-corrected chi connectivity index (χ0v) is 11.1. The molecule has 0 aliphatic heterocycles. The average Bonchev–Trinajstić information content (AvgIpc) is 2.52. The first-order valence-corrected chi connectivity index (χ1v) is 6.27. The summed E-state index contributed by atoms with van der Waals surface area (Å²) in [5.41, 5.74) is 5.78. The van der Waals surface area contributed by atoms with Crippen molar-refractivity contribution in [2.24, 2.45) is 0 Å². The molecular formula is C16H14N2O3. The number of aromatic hydroxyl groups is 1. The molecule has 3 N–H and O–H groups in total. The number of hydrogen-bond acceptors (Lipinski definition) is 3. The fourth-order valence-corrected chi connectivity index (χ4v) is 1.58. The number of nitrogens with one attached hydrogen (secondary N) is 2. The minimum absolute atomic E-state index is 0.0707. The van der Waals surface area contributed by atoms with E-state index >= 15 is 0 Å². The summed E-state index contributed by atoms with van der Waals surface area (Å²) in [6, 6.07) is 15.0. The molecule has 21 heavy (non-hydrogen) atoms. The summed E-state index contributed by atoms with van der Waals surface area (Å²) in [6.07, 6.45) is 2.97. The summed E-state index contributed by atoms with van der Waals surface area (Å²) in [6.45, 7) is 0. The van der Waals surface area contributed by atoms with E-state index in [0.29, 0.717) is 5.56 Å². The highest BCUT2D eigenvalue weighted by molar-refractivity contribution is 5.97. The molecule has 0 spiro atoms. The van der Waals surface area contributed by atoms with Gasteiger partial charge in [0, 0.05) is 11.6 Å². The molecule has 0 aromatic heterocycles. The van der Waals surface area contributed by atoms with E-state index in [0.717, 1.165) is 5.56 Å². The molecule has 0 bridgehead atoms. The third kappa shape index (κ3) is 4.50. The van der Waals surface area contributed by atoms with E-state index in [2.05, 4.69) is 10.9 Å². The van der Waals surface area contributed by atoms with E-state index in [9.17, 15) is 9.59 Å². The maximum Gasteiger partial charge on any atom is 0.269 e. The molecule has 0 heterocycles. The summed E-state index contributed by atoms with van der Waals surface area (Å²) in [4.78, 5) is 23.3. The molecule has 0 fully saturated rings. The van der Waals surface area contributed by atoms with Gasteiger partial charge in [0.25, 0.3) is 11.8 Å². The maximum absolute atomic E-state index is 11.7. The van der Waals surface area contributed by atoms with Crippen LogP contribution in [0.3, 0.4) is 0 Å². The van der Waals surface area contributed by atoms with Crippen LogP contribution in [0.1, 0.15) is 15.9 Å². The molecule has 0 saturated carbocycles. The van der Waals surface area contributed by atoms with Crippen LogP contribution < -0.4 is 10.9 Å². The van der Waals surface area contributed by atoms with E-state index in [1.165, 1.54) is 30.3 Å². The highest BCUT2D eigenvalue weighted by atomic mass is 16.3. The number of carbonyl (C=O) groups is 2. The Morgan fingerprint density at radius 2 is 1.57 bits per heavy atom. The predicted octanol–water partition coefficient (Wildman–Crippen LogP) is 1.87. The molecule has 0 atom stereocenters. The van der Waals surface area contributed by atoms with Gasteiger partial charge in [0.15, 0.2) is 0 Å². The molecule has 5 heteroatoms. The van der Waals surface area contributed by atoms with Gasteiger partial charge < -0.3 is 5.11 Å². The number of rotatable bonds is 3. The zero-order valence-electron chi connectivity index (χ0n) is 11.1. The largest absolute Gasteiger partial charge is 0.508 e. The summed E-state index contributed by atoms with van der Waals surface area (Å²) >= 11 is 0. The van der Waals surface area contributed by atoms with Gasteiger partial charge in [0.05, 0.1) is 0 Å². The van der Waals surface area contributed by atoms with Gasteiger partial charge in [-0.05, 0) is 35.9 Å². The molecule has 0 radical (unpaired) electrons. The second-order valence-electron chi connectivity index (χ2n) is 4.23. The summed E-state index contributed by atoms with van der Waals surface area (Å²) in [7, 11) is 0. The smallest absolute Gasteiger partial charge is 0.269 e. The van der Waals surface area contributed by atoms with Gasteiger partial charge >= 0.3 is 0 Å². The Balaban J connectivity index is 1.85. The Labute approximate surface area is 121 Å². The molecule has 0 aliphatic rings. The topological polar surface area (TPSA) is 78.4 Å². The third-order valence-corrected chi connectivity index (χ3v) is 2.66. The number of hydrogen-bond donors (Lipinski definition) is 3. The van der Waals surface area contributed by atoms with Crippen molar-refractivity contribution in [2.75, 3.05) is 0 Å². The van der Waals surface area contributed by atoms with Crippen LogP contribution in [0.4, 0.5) is 0 Å². The fourth-order valence-electron chi connectivity index (χ4n) is 1.58. The van der Waals surface area contributed by atoms with Crippen molar-refractivity contribution in [3.63, 3.8) is 0 Å². The van der Waals surface area contributed by atoms with Crippen molar-refractivity contribution in [1.29, 1.82) is 0 Å². The van der Waals surface area contributed by atoms with Crippen LogP contribution in [0.5, 0.6) is 5.75 Å². The summed E-state index contributed by atoms with van der Waals surface area (Å²) in [5.74, 6) is -0.830. The quantitative estimate of drug-likeness (QED) is 0.594. The average molecular weight is 282 g/mol. The van der Waals surface area contributed by atoms with E-state index in [-0.39, 0.29) is 5.75 Å². The molecule has 2 amide bonds. The molecule has 2 aromatic carbocycles. The number of benzene rings is 2. The van der Waals surface area contributed by atoms with Gasteiger partial charge in [-0.2, -0.15) is 0 Å². The number of hydrazine groups is 1. The SMILES string of the molecule is O=C(C=Cc1ccccc1)NNC(=O)c1ccc(O)cc1. The molecule has 106 valence electrons. The maximum atomic E-state index is 11.7. The first kappa shape index (κ1) is 14.3. The van der Waals surface area contributed by atoms with Crippen molar-refractivity contribution in [3.05, 3.63) is 71.8 Å². The van der Waals surface area contributed by atoms with Crippen LogP contribution in [0, 0.1) is 0 Å². The highest BCUT2D eigenvalue weighted by Crippen LogP contribution is 2.09. The van der Waals surface area contributed by atoms with Crippen molar-refractivity contribution >= 4 is 17.9 Å². The van der Waals surface area contributed by atoms with Crippen LogP contribution in [0.25, 0.3) is 6.08 Å². The molecule has 0 saturated heterocycles. The van der Waals surface area contributed by atoms with Gasteiger partial charge in [0.1, 0.15) is 5.75 Å². The van der Waals surface area contributed by atoms with Gasteiger partial charge in [-0.15, -0.1) is 0 Å². The van der Waals surface area contributed by atoms with E-state index in [4.69, 9.17) is 5.11 Å². The number of phenolic OH excluding ortho intramolecular Hbond substituents is 1. The van der Waals surface area contributed by atoms with Crippen LogP contribution in [-0.2, 0) is 4.79 Å². The van der Waals surface area contributed by atoms with Crippen molar-refractivity contribution < 1.29 is 14.7 Å². The normalized spacial score (nSPS) is 10.3. The summed E-state index contributed by atoms with van der Waals surface area (Å²) in [5, 5.41) is 9.12. The lowest BCUT2D eigenvalue weighted by atomic mass is 10.2. The number of phenols is 1. The van der Waals surface area contributed by atoms with E-state index < -0.39 is 11.8 Å². The van der Waals surface area contributed by atoms with Gasteiger partial charge in [-0.25, -0.2) is 0 Å². The molecule has 0 aliphatic carbocycles. The van der Waals surface area contributed by atoms with Gasteiger partial charge in [-0.3, -0.25) is 20.4 Å². The Bertz CT molecular complexity index is 649. The summed E-state index contributed by atoms with van der Waals surface area (Å²) < 4.78 is 0. The van der Waals surface area contributed by atoms with Crippen LogP contribution in [-0.4, -0.2) is 16.9 Å². The third-order valence-electron chi connectivity index (χ3n) is 2.66. The van der Waals surface area contributed by atoms with Gasteiger partial charge in [0.2, 0.25) is 0 Å². The predicted molar refractivity (Wildman–Crippen MR) is 79.2 cm³/mol. The highest BCUT2D eigenvalue weighted by Gasteiger charge is 2.05. The minimum atomic E-state index is -0.462. The van der Waals surface area contributed by atoms with Crippen molar-refractivity contribution in [1.82, 2.24) is 10.9 Å². The zero-order chi connectivity index (χ0) is 15.1. The lowest BCUT2D eigenvalue weighted by molar-refractivity contribution is -0.117. The molecule has 5 nitrogen and oxygen atoms in total. The first-order chi connectivity index (χ1) is 10.1. The molecule has 2 rings (SSSR count). The Morgan fingerprint density at radius 1 is 0.905 bits per heavy atom. The molecular weight excluding hydrogens is 268 g/mol. The van der Waals surface area contributed by atoms with E-state index in [1.807, 2.05) is 30.3 Å². The molecule has 2 aromatic rings. The van der Waals surface area contributed by atoms with Crippen LogP contribution >= 0.6 is 0 Å². The Morgan fingerprint density at radius 3 is 2.24 bits per heavy atom. The second-order valence-corrected chi connectivity index (χ2v) is 4.23. The van der Waals surface area contributed by atoms with Crippen molar-refractivity contribution in [2.45, 2.75) is 0 Å². The van der Waals surface area contributed by atoms with Crippen LogP contribution in [0.2, 0.25) is 0 Å².